The van der Waals surface area contributed by atoms with Gasteiger partial charge in [-0.1, -0.05) is 42.5 Å². The molecule has 0 atom stereocenters. The zero-order chi connectivity index (χ0) is 20.5. The van der Waals surface area contributed by atoms with Gasteiger partial charge in [-0.25, -0.2) is 4.98 Å². The third-order valence-electron chi connectivity index (χ3n) is 4.96. The molecule has 0 saturated heterocycles. The lowest BCUT2D eigenvalue weighted by Crippen LogP contribution is -2.14. The fraction of sp³-hybridized carbons (Fsp3) is 0.0833. The highest BCUT2D eigenvalue weighted by Crippen LogP contribution is 2.32. The van der Waals surface area contributed by atoms with E-state index in [4.69, 9.17) is 9.15 Å². The summed E-state index contributed by atoms with van der Waals surface area (Å²) in [4.78, 5) is 17.1. The van der Waals surface area contributed by atoms with Gasteiger partial charge in [-0.3, -0.25) is 4.79 Å². The monoisotopic (exact) mass is 414 g/mol. The molecule has 2 aromatic heterocycles. The van der Waals surface area contributed by atoms with Gasteiger partial charge in [0.1, 0.15) is 17.0 Å². The van der Waals surface area contributed by atoms with Gasteiger partial charge < -0.3 is 14.5 Å². The highest BCUT2D eigenvalue weighted by molar-refractivity contribution is 7.14. The molecule has 5 nitrogen and oxygen atoms in total. The average molecular weight is 414 g/mol. The topological polar surface area (TPSA) is 64.4 Å². The van der Waals surface area contributed by atoms with Gasteiger partial charge in [-0.15, -0.1) is 11.3 Å². The molecule has 6 heteroatoms. The molecule has 0 saturated carbocycles. The number of carbonyl (C=O) groups is 1. The second kappa shape index (κ2) is 7.65. The fourth-order valence-electron chi connectivity index (χ4n) is 3.49. The summed E-state index contributed by atoms with van der Waals surface area (Å²) in [7, 11) is 1.62. The summed E-state index contributed by atoms with van der Waals surface area (Å²) in [6.45, 7) is 0. The first-order chi connectivity index (χ1) is 14.7. The van der Waals surface area contributed by atoms with Crippen molar-refractivity contribution < 1.29 is 13.9 Å². The van der Waals surface area contributed by atoms with Crippen molar-refractivity contribution in [1.29, 1.82) is 0 Å². The summed E-state index contributed by atoms with van der Waals surface area (Å²) in [6.07, 6.45) is 0.292. The first-order valence-electron chi connectivity index (χ1n) is 9.49. The van der Waals surface area contributed by atoms with Gasteiger partial charge in [0.15, 0.2) is 10.9 Å². The zero-order valence-corrected chi connectivity index (χ0v) is 17.0. The van der Waals surface area contributed by atoms with E-state index in [1.54, 1.807) is 7.11 Å². The Morgan fingerprint density at radius 1 is 1.07 bits per heavy atom. The Hall–Kier alpha value is -3.64. The van der Waals surface area contributed by atoms with Gasteiger partial charge in [0.2, 0.25) is 5.91 Å². The van der Waals surface area contributed by atoms with Crippen LogP contribution in [-0.4, -0.2) is 18.0 Å². The molecule has 1 N–H and O–H groups in total. The van der Waals surface area contributed by atoms with Crippen LogP contribution in [0.25, 0.3) is 33.2 Å². The van der Waals surface area contributed by atoms with E-state index in [0.717, 1.165) is 33.1 Å². The molecule has 0 unspecified atom stereocenters. The van der Waals surface area contributed by atoms with E-state index in [1.807, 2.05) is 72.1 Å². The number of hydrogen-bond donors (Lipinski definition) is 1. The number of hydrogen-bond acceptors (Lipinski definition) is 5. The van der Waals surface area contributed by atoms with Crippen LogP contribution in [0.1, 0.15) is 5.56 Å². The number of methoxy groups -OCH3 is 1. The van der Waals surface area contributed by atoms with Crippen molar-refractivity contribution in [2.75, 3.05) is 12.4 Å². The van der Waals surface area contributed by atoms with Crippen LogP contribution in [0.3, 0.4) is 0 Å². The Morgan fingerprint density at radius 3 is 2.83 bits per heavy atom. The van der Waals surface area contributed by atoms with E-state index in [-0.39, 0.29) is 5.91 Å². The lowest BCUT2D eigenvalue weighted by atomic mass is 10.0. The largest absolute Gasteiger partial charge is 0.497 e. The molecule has 30 heavy (non-hydrogen) atoms. The molecule has 0 aliphatic carbocycles. The summed E-state index contributed by atoms with van der Waals surface area (Å²) in [5.41, 5.74) is 2.42. The van der Waals surface area contributed by atoms with Crippen LogP contribution >= 0.6 is 11.3 Å². The first-order valence-corrected chi connectivity index (χ1v) is 10.4. The maximum absolute atomic E-state index is 12.6. The summed E-state index contributed by atoms with van der Waals surface area (Å²) in [5, 5.41) is 8.52. The smallest absolute Gasteiger partial charge is 0.230 e. The lowest BCUT2D eigenvalue weighted by Gasteiger charge is -2.06. The molecule has 5 aromatic rings. The van der Waals surface area contributed by atoms with Gasteiger partial charge in [0, 0.05) is 16.8 Å². The van der Waals surface area contributed by atoms with Crippen molar-refractivity contribution in [1.82, 2.24) is 4.98 Å². The number of amides is 1. The molecule has 5 rings (SSSR count). The summed E-state index contributed by atoms with van der Waals surface area (Å²) < 4.78 is 11.1. The molecule has 3 aromatic carbocycles. The predicted octanol–water partition coefficient (Wildman–Crippen LogP) is 5.90. The number of nitrogens with one attached hydrogen (secondary N) is 1. The normalized spacial score (nSPS) is 11.1. The lowest BCUT2D eigenvalue weighted by molar-refractivity contribution is -0.115. The summed E-state index contributed by atoms with van der Waals surface area (Å²) >= 11 is 1.38. The van der Waals surface area contributed by atoms with Gasteiger partial charge in [0.25, 0.3) is 0 Å². The second-order valence-corrected chi connectivity index (χ2v) is 7.77. The SMILES string of the molecule is COc1ccc2cc(-c3csc(NC(=O)Cc4cccc5ccccc45)n3)oc2c1. The minimum absolute atomic E-state index is 0.0957. The maximum atomic E-state index is 12.6. The van der Waals surface area contributed by atoms with Crippen molar-refractivity contribution in [2.45, 2.75) is 6.42 Å². The van der Waals surface area contributed by atoms with Gasteiger partial charge in [-0.05, 0) is 34.5 Å². The minimum Gasteiger partial charge on any atom is -0.497 e. The Kier molecular flexibility index (Phi) is 4.69. The number of furan rings is 1. The Bertz CT molecular complexity index is 1360. The number of aromatic nitrogens is 1. The molecule has 148 valence electrons. The summed E-state index contributed by atoms with van der Waals surface area (Å²) in [6, 6.07) is 21.7. The Balaban J connectivity index is 1.34. The average Bonchev–Trinajstić information content (AvgIpc) is 3.40. The van der Waals surface area contributed by atoms with Crippen LogP contribution in [0.5, 0.6) is 5.75 Å². The van der Waals surface area contributed by atoms with E-state index in [2.05, 4.69) is 10.3 Å². The van der Waals surface area contributed by atoms with E-state index in [0.29, 0.717) is 23.0 Å². The van der Waals surface area contributed by atoms with Crippen molar-refractivity contribution in [2.24, 2.45) is 0 Å². The van der Waals surface area contributed by atoms with Crippen LogP contribution in [0.15, 0.2) is 76.5 Å². The second-order valence-electron chi connectivity index (χ2n) is 6.92. The quantitative estimate of drug-likeness (QED) is 0.389. The van der Waals surface area contributed by atoms with Gasteiger partial charge >= 0.3 is 0 Å². The molecular formula is C24H18N2O3S. The number of rotatable bonds is 5. The van der Waals surface area contributed by atoms with Gasteiger partial charge in [0.05, 0.1) is 13.5 Å². The van der Waals surface area contributed by atoms with Crippen molar-refractivity contribution in [3.05, 3.63) is 77.7 Å². The number of fused-ring (bicyclic) bond motifs is 2. The molecule has 0 fully saturated rings. The van der Waals surface area contributed by atoms with Crippen LogP contribution in [0.2, 0.25) is 0 Å². The van der Waals surface area contributed by atoms with Crippen LogP contribution in [-0.2, 0) is 11.2 Å². The molecule has 2 heterocycles. The molecule has 0 bridgehead atoms. The number of nitrogens with zero attached hydrogens (tertiary/aromatic N) is 1. The molecule has 1 amide bonds. The summed E-state index contributed by atoms with van der Waals surface area (Å²) in [5.74, 6) is 1.30. The number of carbonyl (C=O) groups excluding carboxylic acids is 1. The van der Waals surface area contributed by atoms with E-state index in [1.165, 1.54) is 11.3 Å². The molecule has 0 aliphatic heterocycles. The molecular weight excluding hydrogens is 396 g/mol. The standard InChI is InChI=1S/C24H18N2O3S/c1-28-18-10-9-17-11-22(29-21(17)13-18)20-14-30-24(25-20)26-23(27)12-16-7-4-6-15-5-2-3-8-19(15)16/h2-11,13-14H,12H2,1H3,(H,25,26,27). The van der Waals surface area contributed by atoms with Crippen LogP contribution in [0.4, 0.5) is 5.13 Å². The number of ether oxygens (including phenoxy) is 1. The zero-order valence-electron chi connectivity index (χ0n) is 16.2. The molecule has 0 radical (unpaired) electrons. The van der Waals surface area contributed by atoms with Crippen LogP contribution in [0, 0.1) is 0 Å². The number of anilines is 1. The molecule has 0 aliphatic rings. The number of benzene rings is 3. The Labute approximate surface area is 176 Å². The number of thiazole rings is 1. The van der Waals surface area contributed by atoms with Crippen LogP contribution < -0.4 is 10.1 Å². The minimum atomic E-state index is -0.0957. The molecule has 0 spiro atoms. The highest BCUT2D eigenvalue weighted by atomic mass is 32.1. The maximum Gasteiger partial charge on any atom is 0.230 e. The van der Waals surface area contributed by atoms with Crippen molar-refractivity contribution >= 4 is 44.1 Å². The van der Waals surface area contributed by atoms with Crippen molar-refractivity contribution in [3.8, 4) is 17.2 Å². The Morgan fingerprint density at radius 2 is 1.93 bits per heavy atom. The van der Waals surface area contributed by atoms with E-state index >= 15 is 0 Å². The predicted molar refractivity (Wildman–Crippen MR) is 120 cm³/mol. The third-order valence-corrected chi connectivity index (χ3v) is 5.72. The van der Waals surface area contributed by atoms with E-state index in [9.17, 15) is 4.79 Å². The van der Waals surface area contributed by atoms with Gasteiger partial charge in [-0.2, -0.15) is 0 Å². The third kappa shape index (κ3) is 3.53. The van der Waals surface area contributed by atoms with E-state index < -0.39 is 0 Å². The fourth-order valence-corrected chi connectivity index (χ4v) is 4.21. The van der Waals surface area contributed by atoms with Crippen molar-refractivity contribution in [3.63, 3.8) is 0 Å². The first kappa shape index (κ1) is 18.4. The highest BCUT2D eigenvalue weighted by Gasteiger charge is 2.13.